The normalized spacial score (nSPS) is 21.1. The number of carbonyl (C=O) groups excluding carboxylic acids is 1. The van der Waals surface area contributed by atoms with E-state index in [9.17, 15) is 18.4 Å². The van der Waals surface area contributed by atoms with Crippen molar-refractivity contribution in [3.8, 4) is 0 Å². The molecule has 1 aliphatic carbocycles. The first-order valence-corrected chi connectivity index (χ1v) is 7.12. The number of hydrogen-bond acceptors (Lipinski definition) is 2. The molecule has 3 N–H and O–H groups in total. The summed E-state index contributed by atoms with van der Waals surface area (Å²) in [5.41, 5.74) is -0.307. The second kappa shape index (κ2) is 6.38. The third-order valence-electron chi connectivity index (χ3n) is 3.41. The molecule has 1 fully saturated rings. The summed E-state index contributed by atoms with van der Waals surface area (Å²) >= 11 is 2.83. The van der Waals surface area contributed by atoms with Crippen LogP contribution in [0.2, 0.25) is 0 Å². The highest BCUT2D eigenvalue weighted by atomic mass is 79.9. The Morgan fingerprint density at radius 3 is 2.62 bits per heavy atom. The molecule has 1 aromatic carbocycles. The van der Waals surface area contributed by atoms with Gasteiger partial charge >= 0.3 is 12.0 Å². The van der Waals surface area contributed by atoms with E-state index in [0.29, 0.717) is 19.3 Å². The van der Waals surface area contributed by atoms with Crippen LogP contribution in [0.1, 0.15) is 19.3 Å². The quantitative estimate of drug-likeness (QED) is 0.723. The molecule has 1 saturated carbocycles. The zero-order valence-electron chi connectivity index (χ0n) is 10.8. The molecule has 0 aliphatic heterocycles. The molecule has 0 saturated heterocycles. The van der Waals surface area contributed by atoms with Gasteiger partial charge in [0.25, 0.3) is 0 Å². The largest absolute Gasteiger partial charge is 0.481 e. The molecule has 0 spiro atoms. The van der Waals surface area contributed by atoms with Crippen LogP contribution in [0, 0.1) is 17.6 Å². The van der Waals surface area contributed by atoms with Crippen LogP contribution in [-0.2, 0) is 4.79 Å². The van der Waals surface area contributed by atoms with Crippen molar-refractivity contribution >= 4 is 33.6 Å². The number of rotatable bonds is 3. The first-order chi connectivity index (χ1) is 9.88. The maximum atomic E-state index is 13.6. The molecule has 5 nitrogen and oxygen atoms in total. The van der Waals surface area contributed by atoms with Crippen LogP contribution >= 0.6 is 15.9 Å². The topological polar surface area (TPSA) is 78.4 Å². The van der Waals surface area contributed by atoms with E-state index in [1.54, 1.807) is 0 Å². The highest BCUT2D eigenvalue weighted by Crippen LogP contribution is 2.26. The zero-order valence-corrected chi connectivity index (χ0v) is 12.4. The lowest BCUT2D eigenvalue weighted by molar-refractivity contribution is -0.142. The van der Waals surface area contributed by atoms with Crippen molar-refractivity contribution in [1.82, 2.24) is 5.32 Å². The molecule has 21 heavy (non-hydrogen) atoms. The molecule has 2 amide bonds. The van der Waals surface area contributed by atoms with Crippen molar-refractivity contribution in [2.45, 2.75) is 25.3 Å². The van der Waals surface area contributed by atoms with Crippen LogP contribution in [0.25, 0.3) is 0 Å². The fourth-order valence-electron chi connectivity index (χ4n) is 2.37. The molecule has 0 heterocycles. The number of halogens is 3. The minimum atomic E-state index is -0.973. The van der Waals surface area contributed by atoms with Crippen LogP contribution in [0.5, 0.6) is 0 Å². The molecular formula is C13H13BrF2N2O3. The Morgan fingerprint density at radius 2 is 1.95 bits per heavy atom. The summed E-state index contributed by atoms with van der Waals surface area (Å²) in [6, 6.07) is 0.489. The first-order valence-electron chi connectivity index (χ1n) is 6.33. The molecule has 0 bridgehead atoms. The number of carboxylic acids is 1. The van der Waals surface area contributed by atoms with Crippen molar-refractivity contribution in [3.05, 3.63) is 28.2 Å². The minimum absolute atomic E-state index is 0.0484. The molecule has 114 valence electrons. The van der Waals surface area contributed by atoms with Gasteiger partial charge < -0.3 is 15.7 Å². The molecule has 2 atom stereocenters. The predicted octanol–water partition coefficient (Wildman–Crippen LogP) is 3.10. The monoisotopic (exact) mass is 362 g/mol. The molecule has 2 unspecified atom stereocenters. The number of anilines is 1. The van der Waals surface area contributed by atoms with Gasteiger partial charge in [-0.2, -0.15) is 0 Å². The third kappa shape index (κ3) is 3.69. The summed E-state index contributed by atoms with van der Waals surface area (Å²) < 4.78 is 26.8. The van der Waals surface area contributed by atoms with Gasteiger partial charge in [0.2, 0.25) is 0 Å². The van der Waals surface area contributed by atoms with Gasteiger partial charge in [0.1, 0.15) is 11.6 Å². The summed E-state index contributed by atoms with van der Waals surface area (Å²) in [6.45, 7) is 0. The lowest BCUT2D eigenvalue weighted by Crippen LogP contribution is -2.42. The average molecular weight is 363 g/mol. The highest BCUT2D eigenvalue weighted by Gasteiger charge is 2.33. The van der Waals surface area contributed by atoms with Crippen molar-refractivity contribution < 1.29 is 23.5 Å². The average Bonchev–Trinajstić information content (AvgIpc) is 2.84. The molecular weight excluding hydrogens is 350 g/mol. The Hall–Kier alpha value is -1.70. The van der Waals surface area contributed by atoms with E-state index in [4.69, 9.17) is 5.11 Å². The number of urea groups is 1. The Bertz CT molecular complexity index is 583. The van der Waals surface area contributed by atoms with Crippen molar-refractivity contribution in [3.63, 3.8) is 0 Å². The summed E-state index contributed by atoms with van der Waals surface area (Å²) in [6.07, 6.45) is 1.73. The lowest BCUT2D eigenvalue weighted by atomic mass is 10.0. The van der Waals surface area contributed by atoms with Gasteiger partial charge in [-0.25, -0.2) is 13.6 Å². The van der Waals surface area contributed by atoms with E-state index >= 15 is 0 Å². The van der Waals surface area contributed by atoms with Gasteiger partial charge in [-0.15, -0.1) is 0 Å². The van der Waals surface area contributed by atoms with Crippen LogP contribution in [0.4, 0.5) is 19.3 Å². The first kappa shape index (κ1) is 15.7. The van der Waals surface area contributed by atoms with E-state index in [0.717, 1.165) is 12.1 Å². The van der Waals surface area contributed by atoms with E-state index < -0.39 is 35.6 Å². The zero-order chi connectivity index (χ0) is 15.6. The van der Waals surface area contributed by atoms with Gasteiger partial charge in [0, 0.05) is 12.1 Å². The number of aliphatic carboxylic acids is 1. The standard InChI is InChI=1S/C13H13BrF2N2O3/c14-7-4-9(16)11(5-8(7)15)18-13(21)17-10-3-1-2-6(10)12(19)20/h4-6,10H,1-3H2,(H,19,20)(H2,17,18,21). The van der Waals surface area contributed by atoms with Gasteiger partial charge in [-0.05, 0) is 34.8 Å². The number of hydrogen-bond donors (Lipinski definition) is 3. The Morgan fingerprint density at radius 1 is 1.24 bits per heavy atom. The number of amides is 2. The molecule has 0 radical (unpaired) electrons. The van der Waals surface area contributed by atoms with E-state index in [1.807, 2.05) is 0 Å². The number of carboxylic acid groups (broad SMARTS) is 1. The Labute approximate surface area is 127 Å². The molecule has 1 aromatic rings. The number of nitrogens with one attached hydrogen (secondary N) is 2. The van der Waals surface area contributed by atoms with Crippen LogP contribution in [0.15, 0.2) is 16.6 Å². The van der Waals surface area contributed by atoms with E-state index in [-0.39, 0.29) is 10.2 Å². The Balaban J connectivity index is 2.02. The third-order valence-corrected chi connectivity index (χ3v) is 4.02. The van der Waals surface area contributed by atoms with Crippen molar-refractivity contribution in [1.29, 1.82) is 0 Å². The fourth-order valence-corrected chi connectivity index (χ4v) is 2.69. The Kier molecular flexibility index (Phi) is 4.76. The molecule has 2 rings (SSSR count). The maximum absolute atomic E-state index is 13.6. The minimum Gasteiger partial charge on any atom is -0.481 e. The predicted molar refractivity (Wildman–Crippen MR) is 75.0 cm³/mol. The fraction of sp³-hybridized carbons (Fsp3) is 0.385. The molecule has 1 aliphatic rings. The van der Waals surface area contributed by atoms with Gasteiger partial charge in [-0.1, -0.05) is 6.42 Å². The summed E-state index contributed by atoms with van der Waals surface area (Å²) in [5, 5.41) is 13.7. The SMILES string of the molecule is O=C(Nc1cc(F)c(Br)cc1F)NC1CCCC1C(=O)O. The van der Waals surface area contributed by atoms with E-state index in [1.165, 1.54) is 0 Å². The lowest BCUT2D eigenvalue weighted by Gasteiger charge is -2.18. The summed E-state index contributed by atoms with van der Waals surface area (Å²) in [4.78, 5) is 22.8. The molecule has 8 heteroatoms. The number of benzene rings is 1. The maximum Gasteiger partial charge on any atom is 0.319 e. The van der Waals surface area contributed by atoms with Crippen molar-refractivity contribution in [2.24, 2.45) is 5.92 Å². The van der Waals surface area contributed by atoms with Gasteiger partial charge in [0.15, 0.2) is 0 Å². The van der Waals surface area contributed by atoms with Crippen molar-refractivity contribution in [2.75, 3.05) is 5.32 Å². The second-order valence-electron chi connectivity index (χ2n) is 4.83. The highest BCUT2D eigenvalue weighted by molar-refractivity contribution is 9.10. The van der Waals surface area contributed by atoms with Gasteiger partial charge in [0.05, 0.1) is 16.1 Å². The van der Waals surface area contributed by atoms with E-state index in [2.05, 4.69) is 26.6 Å². The van der Waals surface area contributed by atoms with Crippen LogP contribution < -0.4 is 10.6 Å². The summed E-state index contributed by atoms with van der Waals surface area (Å²) in [7, 11) is 0. The smallest absolute Gasteiger partial charge is 0.319 e. The molecule has 0 aromatic heterocycles. The van der Waals surface area contributed by atoms with Crippen LogP contribution in [0.3, 0.4) is 0 Å². The summed E-state index contributed by atoms with van der Waals surface area (Å²) in [5.74, 6) is -3.13. The number of carbonyl (C=O) groups is 2. The second-order valence-corrected chi connectivity index (χ2v) is 5.68. The van der Waals surface area contributed by atoms with Gasteiger partial charge in [-0.3, -0.25) is 4.79 Å². The van der Waals surface area contributed by atoms with Crippen LogP contribution in [-0.4, -0.2) is 23.1 Å².